The van der Waals surface area contributed by atoms with Crippen LogP contribution in [0.5, 0.6) is 5.88 Å². The lowest BCUT2D eigenvalue weighted by atomic mass is 9.94. The maximum atomic E-state index is 13.0. The minimum atomic E-state index is -0.397. The molecule has 1 fully saturated rings. The van der Waals surface area contributed by atoms with Crippen LogP contribution in [0.1, 0.15) is 49.3 Å². The fourth-order valence-electron chi connectivity index (χ4n) is 3.32. The number of hydrogen-bond acceptors (Lipinski definition) is 5. The zero-order valence-corrected chi connectivity index (χ0v) is 16.0. The number of aromatic hydroxyl groups is 1. The average molecular weight is 415 g/mol. The standard InChI is InChI=1S/C19H19BrN4O2/c1-12-16(11-21)18(25)24(15-5-3-2-4-6-15)19(26)17(12)23-22-14-9-7-13(20)8-10-14/h7-10,15,25H,2-6H2,1H3. The summed E-state index contributed by atoms with van der Waals surface area (Å²) in [5, 5.41) is 28.2. The van der Waals surface area contributed by atoms with Crippen LogP contribution >= 0.6 is 15.9 Å². The second kappa shape index (κ2) is 7.83. The first-order valence-corrected chi connectivity index (χ1v) is 9.37. The lowest BCUT2D eigenvalue weighted by Crippen LogP contribution is -2.27. The number of aromatic nitrogens is 1. The number of halogens is 1. The highest BCUT2D eigenvalue weighted by Crippen LogP contribution is 2.34. The molecule has 1 aromatic carbocycles. The van der Waals surface area contributed by atoms with Crippen LogP contribution in [0.3, 0.4) is 0 Å². The summed E-state index contributed by atoms with van der Waals surface area (Å²) in [5.74, 6) is -0.260. The van der Waals surface area contributed by atoms with Gasteiger partial charge in [-0.2, -0.15) is 10.4 Å². The molecular weight excluding hydrogens is 396 g/mol. The Morgan fingerprint density at radius 3 is 2.46 bits per heavy atom. The molecule has 6 nitrogen and oxygen atoms in total. The highest BCUT2D eigenvalue weighted by Gasteiger charge is 2.25. The molecule has 0 aliphatic heterocycles. The SMILES string of the molecule is Cc1c(C#N)c(O)n(C2CCCCC2)c(=O)c1N=Nc1ccc(Br)cc1. The van der Waals surface area contributed by atoms with E-state index in [0.717, 1.165) is 36.6 Å². The van der Waals surface area contributed by atoms with E-state index < -0.39 is 5.56 Å². The van der Waals surface area contributed by atoms with Crippen LogP contribution in [0.25, 0.3) is 0 Å². The van der Waals surface area contributed by atoms with Crippen molar-refractivity contribution in [3.05, 3.63) is 50.2 Å². The summed E-state index contributed by atoms with van der Waals surface area (Å²) in [4.78, 5) is 13.0. The van der Waals surface area contributed by atoms with E-state index in [4.69, 9.17) is 0 Å². The third-order valence-corrected chi connectivity index (χ3v) is 5.28. The third kappa shape index (κ3) is 3.56. The largest absolute Gasteiger partial charge is 0.493 e. The molecule has 2 aromatic rings. The van der Waals surface area contributed by atoms with Crippen molar-refractivity contribution in [3.63, 3.8) is 0 Å². The smallest absolute Gasteiger partial charge is 0.281 e. The second-order valence-corrected chi connectivity index (χ2v) is 7.34. The predicted molar refractivity (Wildman–Crippen MR) is 102 cm³/mol. The van der Waals surface area contributed by atoms with Gasteiger partial charge < -0.3 is 5.11 Å². The van der Waals surface area contributed by atoms with Crippen molar-refractivity contribution in [3.8, 4) is 11.9 Å². The Morgan fingerprint density at radius 1 is 1.19 bits per heavy atom. The summed E-state index contributed by atoms with van der Waals surface area (Å²) >= 11 is 3.36. The van der Waals surface area contributed by atoms with Gasteiger partial charge in [-0.1, -0.05) is 35.2 Å². The fraction of sp³-hybridized carbons (Fsp3) is 0.368. The Balaban J connectivity index is 2.10. The number of azo groups is 1. The zero-order valence-electron chi connectivity index (χ0n) is 14.4. The molecular formula is C19H19BrN4O2. The molecule has 134 valence electrons. The summed E-state index contributed by atoms with van der Waals surface area (Å²) in [5.41, 5.74) is 0.741. The molecule has 0 unspecified atom stereocenters. The topological polar surface area (TPSA) is 90.7 Å². The number of rotatable bonds is 3. The molecule has 3 rings (SSSR count). The van der Waals surface area contributed by atoms with Gasteiger partial charge in [0.2, 0.25) is 5.88 Å². The van der Waals surface area contributed by atoms with Crippen molar-refractivity contribution >= 4 is 27.3 Å². The Kier molecular flexibility index (Phi) is 5.52. The zero-order chi connectivity index (χ0) is 18.7. The van der Waals surface area contributed by atoms with Crippen LogP contribution in [0.15, 0.2) is 43.8 Å². The van der Waals surface area contributed by atoms with E-state index in [0.29, 0.717) is 11.3 Å². The van der Waals surface area contributed by atoms with Gasteiger partial charge in [-0.25, -0.2) is 0 Å². The molecule has 1 aliphatic carbocycles. The van der Waals surface area contributed by atoms with Crippen molar-refractivity contribution in [1.29, 1.82) is 5.26 Å². The molecule has 0 bridgehead atoms. The molecule has 1 saturated carbocycles. The van der Waals surface area contributed by atoms with E-state index in [1.165, 1.54) is 4.57 Å². The summed E-state index contributed by atoms with van der Waals surface area (Å²) in [6.07, 6.45) is 4.75. The fourth-order valence-corrected chi connectivity index (χ4v) is 3.59. The number of benzene rings is 1. The van der Waals surface area contributed by atoms with Crippen LogP contribution in [-0.2, 0) is 0 Å². The van der Waals surface area contributed by atoms with Crippen LogP contribution in [0, 0.1) is 18.3 Å². The maximum Gasteiger partial charge on any atom is 0.281 e. The monoisotopic (exact) mass is 414 g/mol. The summed E-state index contributed by atoms with van der Waals surface area (Å²) in [7, 11) is 0. The van der Waals surface area contributed by atoms with Crippen molar-refractivity contribution in [2.75, 3.05) is 0 Å². The summed E-state index contributed by atoms with van der Waals surface area (Å²) in [6.45, 7) is 1.61. The summed E-state index contributed by atoms with van der Waals surface area (Å²) < 4.78 is 2.25. The van der Waals surface area contributed by atoms with Crippen molar-refractivity contribution in [2.24, 2.45) is 10.2 Å². The molecule has 0 amide bonds. The minimum Gasteiger partial charge on any atom is -0.493 e. The van der Waals surface area contributed by atoms with E-state index in [-0.39, 0.29) is 23.2 Å². The van der Waals surface area contributed by atoms with Gasteiger partial charge in [0.1, 0.15) is 11.6 Å². The molecule has 1 aromatic heterocycles. The second-order valence-electron chi connectivity index (χ2n) is 6.43. The normalized spacial score (nSPS) is 15.3. The average Bonchev–Trinajstić information content (AvgIpc) is 2.64. The predicted octanol–water partition coefficient (Wildman–Crippen LogP) is 5.42. The maximum absolute atomic E-state index is 13.0. The molecule has 0 spiro atoms. The first kappa shape index (κ1) is 18.3. The van der Waals surface area contributed by atoms with E-state index in [1.54, 1.807) is 19.1 Å². The van der Waals surface area contributed by atoms with E-state index in [1.807, 2.05) is 18.2 Å². The Hall–Kier alpha value is -2.46. The lowest BCUT2D eigenvalue weighted by Gasteiger charge is -2.25. The van der Waals surface area contributed by atoms with Crippen molar-refractivity contribution in [2.45, 2.75) is 45.1 Å². The van der Waals surface area contributed by atoms with Gasteiger partial charge in [-0.3, -0.25) is 9.36 Å². The molecule has 0 radical (unpaired) electrons. The third-order valence-electron chi connectivity index (χ3n) is 4.75. The number of nitrogens with zero attached hydrogens (tertiary/aromatic N) is 4. The number of hydrogen-bond donors (Lipinski definition) is 1. The molecule has 7 heteroatoms. The van der Waals surface area contributed by atoms with Gasteiger partial charge >= 0.3 is 0 Å². The van der Waals surface area contributed by atoms with E-state index in [9.17, 15) is 15.2 Å². The van der Waals surface area contributed by atoms with E-state index >= 15 is 0 Å². The molecule has 0 saturated heterocycles. The molecule has 1 N–H and O–H groups in total. The van der Waals surface area contributed by atoms with Gasteiger partial charge in [-0.05, 0) is 44.0 Å². The number of pyridine rings is 1. The van der Waals surface area contributed by atoms with Crippen molar-refractivity contribution < 1.29 is 5.11 Å². The Labute approximate surface area is 159 Å². The first-order chi connectivity index (χ1) is 12.5. The van der Waals surface area contributed by atoms with Crippen LogP contribution < -0.4 is 5.56 Å². The van der Waals surface area contributed by atoms with Gasteiger partial charge in [0, 0.05) is 16.1 Å². The molecule has 0 atom stereocenters. The quantitative estimate of drug-likeness (QED) is 0.679. The Morgan fingerprint density at radius 2 is 1.85 bits per heavy atom. The number of nitriles is 1. The lowest BCUT2D eigenvalue weighted by molar-refractivity contribution is 0.303. The van der Waals surface area contributed by atoms with Gasteiger partial charge in [-0.15, -0.1) is 5.11 Å². The highest BCUT2D eigenvalue weighted by atomic mass is 79.9. The van der Waals surface area contributed by atoms with Crippen molar-refractivity contribution in [1.82, 2.24) is 4.57 Å². The highest BCUT2D eigenvalue weighted by molar-refractivity contribution is 9.10. The van der Waals surface area contributed by atoms with Crippen LogP contribution in [-0.4, -0.2) is 9.67 Å². The Bertz CT molecular complexity index is 936. The minimum absolute atomic E-state index is 0.0833. The summed E-state index contributed by atoms with van der Waals surface area (Å²) in [6, 6.07) is 9.10. The van der Waals surface area contributed by atoms with Gasteiger partial charge in [0.25, 0.3) is 5.56 Å². The first-order valence-electron chi connectivity index (χ1n) is 8.58. The van der Waals surface area contributed by atoms with Gasteiger partial charge in [0.05, 0.1) is 5.69 Å². The van der Waals surface area contributed by atoms with E-state index in [2.05, 4.69) is 26.2 Å². The van der Waals surface area contributed by atoms with Crippen LogP contribution in [0.2, 0.25) is 0 Å². The molecule has 26 heavy (non-hydrogen) atoms. The van der Waals surface area contributed by atoms with Crippen LogP contribution in [0.4, 0.5) is 11.4 Å². The molecule has 1 aliphatic rings. The molecule has 1 heterocycles. The van der Waals surface area contributed by atoms with Gasteiger partial charge in [0.15, 0.2) is 5.69 Å².